The van der Waals surface area contributed by atoms with E-state index in [1.807, 2.05) is 16.8 Å². The molecule has 0 radical (unpaired) electrons. The summed E-state index contributed by atoms with van der Waals surface area (Å²) in [7, 11) is 0. The van der Waals surface area contributed by atoms with Crippen LogP contribution in [0.4, 0.5) is 0 Å². The van der Waals surface area contributed by atoms with Gasteiger partial charge in [0.25, 0.3) is 0 Å². The van der Waals surface area contributed by atoms with Crippen LogP contribution in [0.25, 0.3) is 0 Å². The van der Waals surface area contributed by atoms with Crippen molar-refractivity contribution in [3.8, 4) is 0 Å². The van der Waals surface area contributed by atoms with Gasteiger partial charge in [-0.1, -0.05) is 29.3 Å². The van der Waals surface area contributed by atoms with Crippen LogP contribution >= 0.6 is 23.2 Å². The maximum Gasteiger partial charge on any atom is 0.137 e. The van der Waals surface area contributed by atoms with E-state index in [1.165, 1.54) is 0 Å². The highest BCUT2D eigenvalue weighted by molar-refractivity contribution is 6.35. The van der Waals surface area contributed by atoms with Crippen LogP contribution < -0.4 is 0 Å². The molecule has 8 heteroatoms. The van der Waals surface area contributed by atoms with E-state index in [0.717, 1.165) is 38.0 Å². The van der Waals surface area contributed by atoms with Gasteiger partial charge in [0.2, 0.25) is 0 Å². The Morgan fingerprint density at radius 3 is 2.68 bits per heavy atom. The number of hydrogen-bond acceptors (Lipinski definition) is 5. The minimum absolute atomic E-state index is 0.132. The maximum absolute atomic E-state index is 6.70. The van der Waals surface area contributed by atoms with Crippen molar-refractivity contribution in [2.24, 2.45) is 0 Å². The lowest BCUT2D eigenvalue weighted by molar-refractivity contribution is -0.100. The Kier molecular flexibility index (Phi) is 5.95. The first-order chi connectivity index (χ1) is 13.4. The molecule has 0 aliphatic carbocycles. The SMILES string of the molecule is CC1CN(C[C@H]2CC[C@](Cn3cncn3)(c3ccc(Cl)cc3Cl)O2)CC(C)O1. The summed E-state index contributed by atoms with van der Waals surface area (Å²) < 4.78 is 14.4. The Bertz CT molecular complexity index is 794. The molecule has 2 unspecified atom stereocenters. The van der Waals surface area contributed by atoms with Crippen molar-refractivity contribution in [3.63, 3.8) is 0 Å². The van der Waals surface area contributed by atoms with Gasteiger partial charge in [0.15, 0.2) is 0 Å². The van der Waals surface area contributed by atoms with E-state index in [2.05, 4.69) is 28.8 Å². The van der Waals surface area contributed by atoms with E-state index in [9.17, 15) is 0 Å². The quantitative estimate of drug-likeness (QED) is 0.730. The number of morpholine rings is 1. The van der Waals surface area contributed by atoms with E-state index >= 15 is 0 Å². The second kappa shape index (κ2) is 8.28. The summed E-state index contributed by atoms with van der Waals surface area (Å²) in [5, 5.41) is 5.54. The molecule has 0 spiro atoms. The van der Waals surface area contributed by atoms with Crippen LogP contribution in [0.2, 0.25) is 10.0 Å². The Morgan fingerprint density at radius 1 is 1.21 bits per heavy atom. The van der Waals surface area contributed by atoms with Gasteiger partial charge < -0.3 is 9.47 Å². The molecule has 6 nitrogen and oxygen atoms in total. The Morgan fingerprint density at radius 2 is 2.00 bits per heavy atom. The van der Waals surface area contributed by atoms with Gasteiger partial charge in [-0.3, -0.25) is 4.90 Å². The molecule has 4 rings (SSSR count). The molecule has 0 bridgehead atoms. The molecule has 2 aromatic rings. The van der Waals surface area contributed by atoms with Gasteiger partial charge in [-0.15, -0.1) is 0 Å². The van der Waals surface area contributed by atoms with E-state index < -0.39 is 5.60 Å². The summed E-state index contributed by atoms with van der Waals surface area (Å²) in [6, 6.07) is 5.63. The van der Waals surface area contributed by atoms with E-state index in [1.54, 1.807) is 18.7 Å². The molecule has 0 N–H and O–H groups in total. The van der Waals surface area contributed by atoms with Gasteiger partial charge in [-0.25, -0.2) is 9.67 Å². The van der Waals surface area contributed by atoms with Crippen LogP contribution in [0, 0.1) is 0 Å². The predicted molar refractivity (Wildman–Crippen MR) is 109 cm³/mol. The molecular formula is C20H26Cl2N4O2. The fraction of sp³-hybridized carbons (Fsp3) is 0.600. The van der Waals surface area contributed by atoms with Crippen LogP contribution in [0.15, 0.2) is 30.9 Å². The molecule has 2 aliphatic heterocycles. The summed E-state index contributed by atoms with van der Waals surface area (Å²) in [5.74, 6) is 0. The van der Waals surface area contributed by atoms with E-state index in [0.29, 0.717) is 16.6 Å². The first-order valence-electron chi connectivity index (χ1n) is 9.77. The summed E-state index contributed by atoms with van der Waals surface area (Å²) in [6.07, 6.45) is 5.72. The van der Waals surface area contributed by atoms with Crippen molar-refractivity contribution < 1.29 is 9.47 Å². The molecule has 0 amide bonds. The number of halogens is 2. The summed E-state index contributed by atoms with van der Waals surface area (Å²) in [4.78, 5) is 6.52. The smallest absolute Gasteiger partial charge is 0.137 e. The molecule has 28 heavy (non-hydrogen) atoms. The lowest BCUT2D eigenvalue weighted by Gasteiger charge is -2.37. The van der Waals surface area contributed by atoms with Gasteiger partial charge in [0.1, 0.15) is 18.3 Å². The van der Waals surface area contributed by atoms with Gasteiger partial charge in [0, 0.05) is 35.2 Å². The topological polar surface area (TPSA) is 52.4 Å². The van der Waals surface area contributed by atoms with Gasteiger partial charge in [0.05, 0.1) is 24.9 Å². The molecule has 1 aromatic heterocycles. The lowest BCUT2D eigenvalue weighted by Crippen LogP contribution is -2.48. The minimum atomic E-state index is -0.538. The third-order valence-corrected chi connectivity index (χ3v) is 6.07. The van der Waals surface area contributed by atoms with E-state index in [-0.39, 0.29) is 18.3 Å². The lowest BCUT2D eigenvalue weighted by atomic mass is 9.90. The summed E-state index contributed by atoms with van der Waals surface area (Å²) >= 11 is 12.7. The largest absolute Gasteiger partial charge is 0.373 e. The average Bonchev–Trinajstić information content (AvgIpc) is 3.25. The Labute approximate surface area is 175 Å². The van der Waals surface area contributed by atoms with Crippen LogP contribution in [0.3, 0.4) is 0 Å². The summed E-state index contributed by atoms with van der Waals surface area (Å²) in [6.45, 7) is 7.58. The fourth-order valence-electron chi connectivity index (χ4n) is 4.52. The van der Waals surface area contributed by atoms with Crippen LogP contribution in [0.5, 0.6) is 0 Å². The zero-order valence-electron chi connectivity index (χ0n) is 16.2. The monoisotopic (exact) mass is 424 g/mol. The van der Waals surface area contributed by atoms with Crippen molar-refractivity contribution in [2.75, 3.05) is 19.6 Å². The zero-order chi connectivity index (χ0) is 19.7. The predicted octanol–water partition coefficient (Wildman–Crippen LogP) is 3.77. The average molecular weight is 425 g/mol. The number of ether oxygens (including phenoxy) is 2. The molecule has 0 saturated carbocycles. The first kappa shape index (κ1) is 20.1. The maximum atomic E-state index is 6.70. The highest BCUT2D eigenvalue weighted by Crippen LogP contribution is 2.44. The number of rotatable bonds is 5. The second-order valence-electron chi connectivity index (χ2n) is 7.97. The molecular weight excluding hydrogens is 399 g/mol. The van der Waals surface area contributed by atoms with Gasteiger partial charge >= 0.3 is 0 Å². The van der Waals surface area contributed by atoms with Crippen molar-refractivity contribution in [1.82, 2.24) is 19.7 Å². The first-order valence-corrected chi connectivity index (χ1v) is 10.5. The third-order valence-electron chi connectivity index (χ3n) is 5.53. The Balaban J connectivity index is 1.55. The van der Waals surface area contributed by atoms with Gasteiger partial charge in [-0.2, -0.15) is 5.10 Å². The molecule has 2 fully saturated rings. The molecule has 2 aliphatic rings. The van der Waals surface area contributed by atoms with E-state index in [4.69, 9.17) is 32.7 Å². The standard InChI is InChI=1S/C20H26Cl2N4O2/c1-14-8-25(9-15(2)27-14)10-17-5-6-20(28-17,11-26-13-23-12-24-26)18-4-3-16(21)7-19(18)22/h3-4,7,12-15,17H,5-6,8-11H2,1-2H3/t14?,15?,17-,20+/m1/s1. The molecule has 2 saturated heterocycles. The van der Waals surface area contributed by atoms with Crippen molar-refractivity contribution >= 4 is 23.2 Å². The normalized spacial score (nSPS) is 31.4. The van der Waals surface area contributed by atoms with Crippen molar-refractivity contribution in [3.05, 3.63) is 46.5 Å². The molecule has 4 atom stereocenters. The second-order valence-corrected chi connectivity index (χ2v) is 8.81. The molecule has 1 aromatic carbocycles. The van der Waals surface area contributed by atoms with Crippen LogP contribution in [0.1, 0.15) is 32.3 Å². The Hall–Kier alpha value is -1.18. The van der Waals surface area contributed by atoms with Crippen molar-refractivity contribution in [1.29, 1.82) is 0 Å². The fourth-order valence-corrected chi connectivity index (χ4v) is 5.10. The number of benzene rings is 1. The number of hydrogen-bond donors (Lipinski definition) is 0. The molecule has 3 heterocycles. The van der Waals surface area contributed by atoms with Crippen LogP contribution in [-0.2, 0) is 21.6 Å². The third kappa shape index (κ3) is 4.36. The highest BCUT2D eigenvalue weighted by Gasteiger charge is 2.44. The van der Waals surface area contributed by atoms with Crippen molar-refractivity contribution in [2.45, 2.75) is 57.1 Å². The van der Waals surface area contributed by atoms with Gasteiger partial charge in [-0.05, 0) is 38.8 Å². The van der Waals surface area contributed by atoms with Crippen LogP contribution in [-0.4, -0.2) is 57.6 Å². The number of nitrogens with zero attached hydrogens (tertiary/aromatic N) is 4. The minimum Gasteiger partial charge on any atom is -0.373 e. The number of aromatic nitrogens is 3. The molecule has 152 valence electrons. The summed E-state index contributed by atoms with van der Waals surface area (Å²) in [5.41, 5.74) is 0.420. The zero-order valence-corrected chi connectivity index (χ0v) is 17.7. The highest BCUT2D eigenvalue weighted by atomic mass is 35.5.